The van der Waals surface area contributed by atoms with Crippen molar-refractivity contribution in [3.63, 3.8) is 0 Å². The van der Waals surface area contributed by atoms with Gasteiger partial charge in [0.2, 0.25) is 5.91 Å². The van der Waals surface area contributed by atoms with Crippen LogP contribution in [0.15, 0.2) is 0 Å². The predicted molar refractivity (Wildman–Crippen MR) is 66.5 cm³/mol. The Morgan fingerprint density at radius 2 is 2.00 bits per heavy atom. The molecule has 0 radical (unpaired) electrons. The van der Waals surface area contributed by atoms with Crippen molar-refractivity contribution in [3.05, 3.63) is 0 Å². The summed E-state index contributed by atoms with van der Waals surface area (Å²) in [5, 5.41) is 2.20. The van der Waals surface area contributed by atoms with Crippen molar-refractivity contribution in [1.82, 2.24) is 10.2 Å². The zero-order valence-electron chi connectivity index (χ0n) is 11.5. The van der Waals surface area contributed by atoms with E-state index in [4.69, 9.17) is 9.47 Å². The number of nitrogens with zero attached hydrogens (tertiary/aromatic N) is 1. The smallest absolute Gasteiger partial charge is 0.324 e. The van der Waals surface area contributed by atoms with Gasteiger partial charge in [-0.1, -0.05) is 0 Å². The molecule has 1 aliphatic rings. The number of hydrogen-bond acceptors (Lipinski definition) is 6. The third kappa shape index (κ3) is 5.68. The van der Waals surface area contributed by atoms with Gasteiger partial charge in [-0.2, -0.15) is 0 Å². The van der Waals surface area contributed by atoms with Crippen LogP contribution in [0.5, 0.6) is 0 Å². The molecule has 8 nitrogen and oxygen atoms in total. The maximum absolute atomic E-state index is 11.5. The van der Waals surface area contributed by atoms with Gasteiger partial charge in [0, 0.05) is 39.8 Å². The first-order valence-electron chi connectivity index (χ1n) is 6.28. The highest BCUT2D eigenvalue weighted by molar-refractivity contribution is 5.96. The van der Waals surface area contributed by atoms with Crippen molar-refractivity contribution in [2.24, 2.45) is 0 Å². The zero-order valence-corrected chi connectivity index (χ0v) is 11.5. The fourth-order valence-electron chi connectivity index (χ4n) is 1.73. The number of carbonyl (C=O) groups is 4. The van der Waals surface area contributed by atoms with Crippen molar-refractivity contribution in [2.45, 2.75) is 32.8 Å². The molecule has 0 aromatic heterocycles. The van der Waals surface area contributed by atoms with Crippen LogP contribution >= 0.6 is 0 Å². The van der Waals surface area contributed by atoms with Crippen LogP contribution < -0.4 is 5.32 Å². The second-order valence-electron chi connectivity index (χ2n) is 4.41. The molecule has 1 rings (SSSR count). The van der Waals surface area contributed by atoms with Gasteiger partial charge in [-0.3, -0.25) is 19.7 Å². The van der Waals surface area contributed by atoms with E-state index in [1.54, 1.807) is 0 Å². The van der Waals surface area contributed by atoms with Crippen molar-refractivity contribution in [2.75, 3.05) is 19.7 Å². The van der Waals surface area contributed by atoms with Crippen LogP contribution in [0.25, 0.3) is 0 Å². The number of imide groups is 1. The molecule has 0 bridgehead atoms. The van der Waals surface area contributed by atoms with Gasteiger partial charge in [-0.25, -0.2) is 4.79 Å². The number of nitrogens with one attached hydrogen (secondary N) is 1. The van der Waals surface area contributed by atoms with Gasteiger partial charge in [0.25, 0.3) is 0 Å². The largest absolute Gasteiger partial charge is 0.462 e. The van der Waals surface area contributed by atoms with Crippen LogP contribution in [0, 0.1) is 0 Å². The molecule has 112 valence electrons. The van der Waals surface area contributed by atoms with Gasteiger partial charge in [0.15, 0.2) is 0 Å². The van der Waals surface area contributed by atoms with Gasteiger partial charge in [-0.05, 0) is 0 Å². The van der Waals surface area contributed by atoms with E-state index in [2.05, 4.69) is 5.32 Å². The Morgan fingerprint density at radius 1 is 1.30 bits per heavy atom. The maximum Gasteiger partial charge on any atom is 0.324 e. The predicted octanol–water partition coefficient (Wildman–Crippen LogP) is -0.187. The molecular weight excluding hydrogens is 268 g/mol. The minimum atomic E-state index is -0.609. The van der Waals surface area contributed by atoms with E-state index in [1.807, 2.05) is 0 Å². The summed E-state index contributed by atoms with van der Waals surface area (Å²) in [6.07, 6.45) is -0.0376. The van der Waals surface area contributed by atoms with Crippen LogP contribution in [0.2, 0.25) is 0 Å². The molecular formula is C12H18N2O6. The Hall–Kier alpha value is -2.12. The third-order valence-corrected chi connectivity index (χ3v) is 2.67. The minimum absolute atomic E-state index is 0.0523. The summed E-state index contributed by atoms with van der Waals surface area (Å²) in [6.45, 7) is 3.09. The van der Waals surface area contributed by atoms with E-state index in [1.165, 1.54) is 18.7 Å². The second-order valence-corrected chi connectivity index (χ2v) is 4.41. The number of hydrogen-bond donors (Lipinski definition) is 1. The summed E-state index contributed by atoms with van der Waals surface area (Å²) >= 11 is 0. The molecule has 0 unspecified atom stereocenters. The standard InChI is InChI=1S/C12H18N2O6/c1-8(15)19-7-10(20-9(2)16)3-5-14-6-4-11(17)13-12(14)18/h10H,3-7H2,1-2H3,(H,13,17,18)/t10-/m0/s1. The Morgan fingerprint density at radius 3 is 2.55 bits per heavy atom. The van der Waals surface area contributed by atoms with E-state index < -0.39 is 24.1 Å². The first-order chi connectivity index (χ1) is 9.38. The molecule has 0 aromatic carbocycles. The lowest BCUT2D eigenvalue weighted by Crippen LogP contribution is -2.50. The zero-order chi connectivity index (χ0) is 15.1. The number of rotatable bonds is 6. The van der Waals surface area contributed by atoms with Crippen LogP contribution in [-0.4, -0.2) is 54.6 Å². The van der Waals surface area contributed by atoms with Crippen molar-refractivity contribution >= 4 is 23.9 Å². The SMILES string of the molecule is CC(=O)OC[C@H](CCN1CCC(=O)NC1=O)OC(C)=O. The van der Waals surface area contributed by atoms with E-state index in [0.717, 1.165) is 0 Å². The van der Waals surface area contributed by atoms with Gasteiger partial charge >= 0.3 is 18.0 Å². The summed E-state index contributed by atoms with van der Waals surface area (Å²) in [6, 6.07) is -0.463. The average Bonchev–Trinajstić information content (AvgIpc) is 2.33. The van der Waals surface area contributed by atoms with Gasteiger partial charge < -0.3 is 14.4 Å². The molecule has 0 saturated carbocycles. The third-order valence-electron chi connectivity index (χ3n) is 2.67. The first kappa shape index (κ1) is 15.9. The van der Waals surface area contributed by atoms with Crippen LogP contribution in [0.1, 0.15) is 26.7 Å². The summed E-state index contributed by atoms with van der Waals surface area (Å²) in [5.41, 5.74) is 0. The number of ether oxygens (including phenoxy) is 2. The van der Waals surface area contributed by atoms with Crippen LogP contribution in [0.3, 0.4) is 0 Å². The molecule has 3 amide bonds. The fourth-order valence-corrected chi connectivity index (χ4v) is 1.73. The Kier molecular flexibility index (Phi) is 5.95. The van der Waals surface area contributed by atoms with Crippen molar-refractivity contribution in [1.29, 1.82) is 0 Å². The van der Waals surface area contributed by atoms with E-state index in [-0.39, 0.29) is 18.9 Å². The molecule has 1 fully saturated rings. The summed E-state index contributed by atoms with van der Waals surface area (Å²) < 4.78 is 9.81. The van der Waals surface area contributed by atoms with E-state index >= 15 is 0 Å². The minimum Gasteiger partial charge on any atom is -0.462 e. The Labute approximate surface area is 116 Å². The maximum atomic E-state index is 11.5. The summed E-state index contributed by atoms with van der Waals surface area (Å²) in [5.74, 6) is -1.26. The van der Waals surface area contributed by atoms with Crippen LogP contribution in [-0.2, 0) is 23.9 Å². The Bertz CT molecular complexity index is 409. The van der Waals surface area contributed by atoms with E-state index in [0.29, 0.717) is 19.5 Å². The molecule has 0 aromatic rings. The Balaban J connectivity index is 2.44. The molecule has 0 aliphatic carbocycles. The lowest BCUT2D eigenvalue weighted by molar-refractivity contribution is -0.156. The molecule has 8 heteroatoms. The highest BCUT2D eigenvalue weighted by Crippen LogP contribution is 2.07. The highest BCUT2D eigenvalue weighted by Gasteiger charge is 2.24. The summed E-state index contributed by atoms with van der Waals surface area (Å²) in [7, 11) is 0. The number of esters is 2. The average molecular weight is 286 g/mol. The van der Waals surface area contributed by atoms with Gasteiger partial charge in [0.1, 0.15) is 12.7 Å². The fraction of sp³-hybridized carbons (Fsp3) is 0.667. The summed E-state index contributed by atoms with van der Waals surface area (Å²) in [4.78, 5) is 45.7. The molecule has 1 N–H and O–H groups in total. The number of amides is 3. The van der Waals surface area contributed by atoms with E-state index in [9.17, 15) is 19.2 Å². The second kappa shape index (κ2) is 7.46. The lowest BCUT2D eigenvalue weighted by atomic mass is 10.2. The highest BCUT2D eigenvalue weighted by atomic mass is 16.6. The van der Waals surface area contributed by atoms with Crippen molar-refractivity contribution in [3.8, 4) is 0 Å². The molecule has 1 atom stereocenters. The normalized spacial score (nSPS) is 16.4. The topological polar surface area (TPSA) is 102 Å². The number of urea groups is 1. The molecule has 1 heterocycles. The van der Waals surface area contributed by atoms with Crippen LogP contribution in [0.4, 0.5) is 4.79 Å². The van der Waals surface area contributed by atoms with Gasteiger partial charge in [-0.15, -0.1) is 0 Å². The first-order valence-corrected chi connectivity index (χ1v) is 6.28. The lowest BCUT2D eigenvalue weighted by Gasteiger charge is -2.27. The monoisotopic (exact) mass is 286 g/mol. The molecule has 1 aliphatic heterocycles. The molecule has 20 heavy (non-hydrogen) atoms. The quantitative estimate of drug-likeness (QED) is 0.679. The van der Waals surface area contributed by atoms with Gasteiger partial charge in [0.05, 0.1) is 0 Å². The van der Waals surface area contributed by atoms with Crippen molar-refractivity contribution < 1.29 is 28.7 Å². The molecule has 1 saturated heterocycles. The molecule has 0 spiro atoms. The number of carbonyl (C=O) groups excluding carboxylic acids is 4.